The highest BCUT2D eigenvalue weighted by Crippen LogP contribution is 2.21. The van der Waals surface area contributed by atoms with Gasteiger partial charge in [-0.25, -0.2) is 4.39 Å². The average molecular weight is 441 g/mol. The molecule has 0 saturated carbocycles. The predicted molar refractivity (Wildman–Crippen MR) is 107 cm³/mol. The van der Waals surface area contributed by atoms with Crippen molar-refractivity contribution in [2.45, 2.75) is 12.5 Å². The van der Waals surface area contributed by atoms with Gasteiger partial charge in [0.1, 0.15) is 24.3 Å². The van der Waals surface area contributed by atoms with E-state index in [9.17, 15) is 9.50 Å². The maximum Gasteiger partial charge on any atom is 0.146 e. The van der Waals surface area contributed by atoms with Crippen LogP contribution in [0, 0.1) is 5.82 Å². The summed E-state index contributed by atoms with van der Waals surface area (Å²) in [5.74, 6) is 0.610. The molecular formula is C22H27Cl2FN2O2-2. The number of β-amino-alcohol motifs (C(OH)–C–C–N with tert-alkyl or cyclic N) is 1. The van der Waals surface area contributed by atoms with Gasteiger partial charge in [-0.15, -0.1) is 6.58 Å². The second kappa shape index (κ2) is 12.7. The third kappa shape index (κ3) is 7.19. The second-order valence-corrected chi connectivity index (χ2v) is 6.80. The molecule has 0 amide bonds. The summed E-state index contributed by atoms with van der Waals surface area (Å²) in [6, 6.07) is 14.7. The summed E-state index contributed by atoms with van der Waals surface area (Å²) in [4.78, 5) is 4.25. The molecule has 1 N–H and O–H groups in total. The zero-order valence-electron chi connectivity index (χ0n) is 16.3. The zero-order valence-corrected chi connectivity index (χ0v) is 17.8. The highest BCUT2D eigenvalue weighted by Gasteiger charge is 2.21. The largest absolute Gasteiger partial charge is 1.00 e. The molecule has 29 heavy (non-hydrogen) atoms. The smallest absolute Gasteiger partial charge is 0.146 e. The maximum atomic E-state index is 13.9. The fraction of sp³-hybridized carbons (Fsp3) is 0.364. The molecule has 4 nitrogen and oxygen atoms in total. The van der Waals surface area contributed by atoms with Gasteiger partial charge in [-0.3, -0.25) is 4.90 Å². The molecule has 2 aromatic rings. The fourth-order valence-corrected chi connectivity index (χ4v) is 3.39. The van der Waals surface area contributed by atoms with Crippen molar-refractivity contribution in [3.63, 3.8) is 0 Å². The molecule has 3 rings (SSSR count). The predicted octanol–water partition coefficient (Wildman–Crippen LogP) is -2.88. The van der Waals surface area contributed by atoms with Crippen molar-refractivity contribution in [2.75, 3.05) is 44.2 Å². The SMILES string of the molecule is C=CCc1ccccc1OCC(O)CN1CCN(c2ccccc2F)CC1.[Cl-].[Cl-]. The highest BCUT2D eigenvalue weighted by atomic mass is 35.5. The zero-order chi connectivity index (χ0) is 19.1. The number of aliphatic hydroxyl groups excluding tert-OH is 1. The number of hydrogen-bond acceptors (Lipinski definition) is 4. The van der Waals surface area contributed by atoms with Crippen molar-refractivity contribution in [1.82, 2.24) is 4.90 Å². The minimum absolute atomic E-state index is 0. The number of ether oxygens (including phenoxy) is 1. The van der Waals surface area contributed by atoms with Gasteiger partial charge in [-0.1, -0.05) is 36.4 Å². The van der Waals surface area contributed by atoms with E-state index in [1.165, 1.54) is 6.07 Å². The topological polar surface area (TPSA) is 35.9 Å². The molecule has 0 bridgehead atoms. The number of benzene rings is 2. The van der Waals surface area contributed by atoms with Crippen LogP contribution in [-0.4, -0.2) is 55.4 Å². The summed E-state index contributed by atoms with van der Waals surface area (Å²) in [5, 5.41) is 10.4. The van der Waals surface area contributed by atoms with E-state index < -0.39 is 6.10 Å². The van der Waals surface area contributed by atoms with Crippen LogP contribution in [0.5, 0.6) is 5.75 Å². The molecule has 1 aliphatic heterocycles. The van der Waals surface area contributed by atoms with Gasteiger partial charge in [0.05, 0.1) is 5.69 Å². The first-order chi connectivity index (χ1) is 13.2. The van der Waals surface area contributed by atoms with E-state index in [0.717, 1.165) is 43.9 Å². The van der Waals surface area contributed by atoms with Gasteiger partial charge in [0, 0.05) is 32.7 Å². The van der Waals surface area contributed by atoms with Crippen LogP contribution >= 0.6 is 0 Å². The first-order valence-electron chi connectivity index (χ1n) is 9.39. The number of rotatable bonds is 8. The molecule has 0 radical (unpaired) electrons. The van der Waals surface area contributed by atoms with Gasteiger partial charge >= 0.3 is 0 Å². The van der Waals surface area contributed by atoms with Crippen molar-refractivity contribution >= 4 is 5.69 Å². The average Bonchev–Trinajstić information content (AvgIpc) is 2.69. The number of halogens is 3. The van der Waals surface area contributed by atoms with Crippen LogP contribution in [-0.2, 0) is 6.42 Å². The van der Waals surface area contributed by atoms with E-state index >= 15 is 0 Å². The number of piperazine rings is 1. The fourth-order valence-electron chi connectivity index (χ4n) is 3.39. The van der Waals surface area contributed by atoms with Gasteiger partial charge in [0.2, 0.25) is 0 Å². The lowest BCUT2D eigenvalue weighted by molar-refractivity contribution is -0.001000. The minimum Gasteiger partial charge on any atom is -1.00 e. The number of nitrogens with zero attached hydrogens (tertiary/aromatic N) is 2. The minimum atomic E-state index is -0.568. The summed E-state index contributed by atoms with van der Waals surface area (Å²) >= 11 is 0. The van der Waals surface area contributed by atoms with Gasteiger partial charge in [0.25, 0.3) is 0 Å². The van der Waals surface area contributed by atoms with E-state index in [1.807, 2.05) is 42.5 Å². The monoisotopic (exact) mass is 440 g/mol. The van der Waals surface area contributed by atoms with Crippen molar-refractivity contribution in [2.24, 2.45) is 0 Å². The van der Waals surface area contributed by atoms with Crippen LogP contribution in [0.25, 0.3) is 0 Å². The maximum absolute atomic E-state index is 13.9. The molecule has 1 unspecified atom stereocenters. The number of anilines is 1. The Morgan fingerprint density at radius 2 is 1.69 bits per heavy atom. The molecule has 1 fully saturated rings. The quantitative estimate of drug-likeness (QED) is 0.447. The normalized spacial score (nSPS) is 15.0. The summed E-state index contributed by atoms with van der Waals surface area (Å²) < 4.78 is 19.7. The molecular weight excluding hydrogens is 414 g/mol. The summed E-state index contributed by atoms with van der Waals surface area (Å²) in [6.07, 6.45) is 2.01. The molecule has 160 valence electrons. The van der Waals surface area contributed by atoms with Crippen LogP contribution in [0.1, 0.15) is 5.56 Å². The molecule has 0 aromatic heterocycles. The Bertz CT molecular complexity index is 755. The van der Waals surface area contributed by atoms with Crippen LogP contribution in [0.2, 0.25) is 0 Å². The Morgan fingerprint density at radius 1 is 1.03 bits per heavy atom. The Hall–Kier alpha value is -1.79. The third-order valence-corrected chi connectivity index (χ3v) is 4.80. The lowest BCUT2D eigenvalue weighted by atomic mass is 10.1. The van der Waals surface area contributed by atoms with Gasteiger partial charge in [-0.05, 0) is 30.2 Å². The molecule has 0 aliphatic carbocycles. The van der Waals surface area contributed by atoms with E-state index in [2.05, 4.69) is 16.4 Å². The standard InChI is InChI=1S/C22H27FN2O2.2ClH/c1-2-7-18-8-3-6-11-22(18)27-17-19(26)16-24-12-14-25(15-13-24)21-10-5-4-9-20(21)23;;/h2-6,8-11,19,26H,1,7,12-17H2;2*1H/p-2. The van der Waals surface area contributed by atoms with Crippen molar-refractivity contribution in [1.29, 1.82) is 0 Å². The molecule has 1 heterocycles. The lowest BCUT2D eigenvalue weighted by Crippen LogP contribution is -3.00. The van der Waals surface area contributed by atoms with Crippen molar-refractivity contribution in [3.8, 4) is 5.75 Å². The van der Waals surface area contributed by atoms with E-state index in [-0.39, 0.29) is 37.2 Å². The first-order valence-corrected chi connectivity index (χ1v) is 9.39. The van der Waals surface area contributed by atoms with E-state index in [0.29, 0.717) is 12.2 Å². The summed E-state index contributed by atoms with van der Waals surface area (Å²) in [7, 11) is 0. The van der Waals surface area contributed by atoms with Crippen molar-refractivity contribution in [3.05, 3.63) is 72.6 Å². The Kier molecular flexibility index (Phi) is 11.1. The number of para-hydroxylation sites is 2. The Balaban J connectivity index is 0.00000210. The Labute approximate surface area is 184 Å². The van der Waals surface area contributed by atoms with Gasteiger partial charge in [-0.2, -0.15) is 0 Å². The number of allylic oxidation sites excluding steroid dienone is 1. The summed E-state index contributed by atoms with van der Waals surface area (Å²) in [6.45, 7) is 7.64. The first kappa shape index (κ1) is 25.2. The van der Waals surface area contributed by atoms with Crippen LogP contribution < -0.4 is 34.5 Å². The Morgan fingerprint density at radius 3 is 2.38 bits per heavy atom. The van der Waals surface area contributed by atoms with Crippen LogP contribution in [0.15, 0.2) is 61.2 Å². The van der Waals surface area contributed by atoms with Gasteiger partial charge < -0.3 is 39.6 Å². The number of hydrogen-bond donors (Lipinski definition) is 1. The molecule has 1 atom stereocenters. The second-order valence-electron chi connectivity index (χ2n) is 6.80. The van der Waals surface area contributed by atoms with E-state index in [4.69, 9.17) is 4.74 Å². The summed E-state index contributed by atoms with van der Waals surface area (Å²) in [5.41, 5.74) is 1.72. The van der Waals surface area contributed by atoms with Crippen LogP contribution in [0.4, 0.5) is 10.1 Å². The number of aliphatic hydroxyl groups is 1. The van der Waals surface area contributed by atoms with Gasteiger partial charge in [0.15, 0.2) is 0 Å². The molecule has 2 aromatic carbocycles. The third-order valence-electron chi connectivity index (χ3n) is 4.80. The lowest BCUT2D eigenvalue weighted by Gasteiger charge is -2.37. The van der Waals surface area contributed by atoms with E-state index in [1.54, 1.807) is 6.07 Å². The molecule has 1 aliphatic rings. The molecule has 7 heteroatoms. The molecule has 0 spiro atoms. The van der Waals surface area contributed by atoms with Crippen molar-refractivity contribution < 1.29 is 39.0 Å². The molecule has 1 saturated heterocycles. The highest BCUT2D eigenvalue weighted by molar-refractivity contribution is 5.48. The van der Waals surface area contributed by atoms with Crippen LogP contribution in [0.3, 0.4) is 0 Å².